The summed E-state index contributed by atoms with van der Waals surface area (Å²) in [7, 11) is 0. The van der Waals surface area contributed by atoms with Crippen molar-refractivity contribution in [1.29, 1.82) is 0 Å². The van der Waals surface area contributed by atoms with Gasteiger partial charge in [0.15, 0.2) is 0 Å². The maximum Gasteiger partial charge on any atom is 0.312 e. The molecule has 0 radical (unpaired) electrons. The molecule has 0 aliphatic heterocycles. The topological polar surface area (TPSA) is 26.3 Å². The highest BCUT2D eigenvalue weighted by Crippen LogP contribution is 2.39. The van der Waals surface area contributed by atoms with Crippen molar-refractivity contribution in [3.05, 3.63) is 0 Å². The monoisotopic (exact) mass is 256 g/mol. The van der Waals surface area contributed by atoms with Crippen molar-refractivity contribution in [2.24, 2.45) is 16.7 Å². The van der Waals surface area contributed by atoms with E-state index in [4.69, 9.17) is 4.74 Å². The van der Waals surface area contributed by atoms with Crippen LogP contribution >= 0.6 is 0 Å². The maximum atomic E-state index is 12.4. The van der Waals surface area contributed by atoms with Crippen molar-refractivity contribution in [2.45, 2.75) is 80.8 Å². The Morgan fingerprint density at radius 3 is 1.78 bits per heavy atom. The predicted octanol–water partition coefficient (Wildman–Crippen LogP) is 4.82. The summed E-state index contributed by atoms with van der Waals surface area (Å²) in [6, 6.07) is 0. The Hall–Kier alpha value is -0.530. The summed E-state index contributed by atoms with van der Waals surface area (Å²) in [4.78, 5) is 12.4. The Balaban J connectivity index is 4.87. The molecular weight excluding hydrogens is 224 g/mol. The molecule has 0 heterocycles. The van der Waals surface area contributed by atoms with Gasteiger partial charge in [-0.2, -0.15) is 0 Å². The van der Waals surface area contributed by atoms with E-state index in [-0.39, 0.29) is 16.8 Å². The molecule has 0 aromatic heterocycles. The van der Waals surface area contributed by atoms with E-state index in [1.807, 2.05) is 27.7 Å². The van der Waals surface area contributed by atoms with Crippen molar-refractivity contribution < 1.29 is 9.53 Å². The molecule has 0 fully saturated rings. The Morgan fingerprint density at radius 1 is 1.06 bits per heavy atom. The number of esters is 1. The normalized spacial score (nSPS) is 18.1. The molecule has 0 aliphatic rings. The summed E-state index contributed by atoms with van der Waals surface area (Å²) in [5, 5.41) is 0. The van der Waals surface area contributed by atoms with Crippen molar-refractivity contribution in [1.82, 2.24) is 0 Å². The van der Waals surface area contributed by atoms with Crippen LogP contribution in [0, 0.1) is 16.7 Å². The number of carbonyl (C=O) groups excluding carboxylic acids is 1. The first kappa shape index (κ1) is 17.5. The van der Waals surface area contributed by atoms with E-state index in [1.165, 1.54) is 0 Å². The van der Waals surface area contributed by atoms with E-state index in [0.717, 1.165) is 12.8 Å². The average Bonchev–Trinajstić information content (AvgIpc) is 2.13. The Kier molecular flexibility index (Phi) is 5.46. The molecule has 18 heavy (non-hydrogen) atoms. The Morgan fingerprint density at radius 2 is 1.50 bits per heavy atom. The van der Waals surface area contributed by atoms with E-state index in [2.05, 4.69) is 34.6 Å². The summed E-state index contributed by atoms with van der Waals surface area (Å²) in [6.07, 6.45) is 1.70. The van der Waals surface area contributed by atoms with Crippen LogP contribution in [0.25, 0.3) is 0 Å². The van der Waals surface area contributed by atoms with Crippen LogP contribution in [-0.4, -0.2) is 11.6 Å². The lowest BCUT2D eigenvalue weighted by Gasteiger charge is -2.36. The molecule has 0 saturated heterocycles. The van der Waals surface area contributed by atoms with E-state index >= 15 is 0 Å². The van der Waals surface area contributed by atoms with E-state index in [0.29, 0.717) is 5.92 Å². The van der Waals surface area contributed by atoms with Crippen molar-refractivity contribution in [2.75, 3.05) is 0 Å². The highest BCUT2D eigenvalue weighted by atomic mass is 16.6. The highest BCUT2D eigenvalue weighted by Gasteiger charge is 2.38. The molecule has 2 nitrogen and oxygen atoms in total. The standard InChI is InChI=1S/C16H32O2/c1-10-16(9,11-12(2)14(3,4)5)13(17)18-15(6,7)8/h12H,10-11H2,1-9H3/t12-,16?/m0/s1. The smallest absolute Gasteiger partial charge is 0.312 e. The van der Waals surface area contributed by atoms with Gasteiger partial charge >= 0.3 is 5.97 Å². The molecule has 0 saturated carbocycles. The van der Waals surface area contributed by atoms with Gasteiger partial charge in [-0.05, 0) is 51.9 Å². The second-order valence-corrected chi connectivity index (χ2v) is 7.89. The molecule has 0 spiro atoms. The van der Waals surface area contributed by atoms with Gasteiger partial charge in [-0.3, -0.25) is 4.79 Å². The molecule has 2 heteroatoms. The second kappa shape index (κ2) is 5.63. The van der Waals surface area contributed by atoms with Crippen LogP contribution in [0.4, 0.5) is 0 Å². The maximum absolute atomic E-state index is 12.4. The van der Waals surface area contributed by atoms with Gasteiger partial charge in [0.05, 0.1) is 5.41 Å². The minimum atomic E-state index is -0.404. The molecule has 0 amide bonds. The molecular formula is C16H32O2. The molecule has 0 aliphatic carbocycles. The number of hydrogen-bond donors (Lipinski definition) is 0. The Labute approximate surface area is 113 Å². The minimum Gasteiger partial charge on any atom is -0.460 e. The lowest BCUT2D eigenvalue weighted by atomic mass is 9.70. The third-order valence-electron chi connectivity index (χ3n) is 3.91. The number of carbonyl (C=O) groups is 1. The lowest BCUT2D eigenvalue weighted by molar-refractivity contribution is -0.168. The highest BCUT2D eigenvalue weighted by molar-refractivity contribution is 5.76. The van der Waals surface area contributed by atoms with E-state index < -0.39 is 5.60 Å². The molecule has 0 N–H and O–H groups in total. The third kappa shape index (κ3) is 5.41. The van der Waals surface area contributed by atoms with Gasteiger partial charge in [0, 0.05) is 0 Å². The van der Waals surface area contributed by atoms with Crippen molar-refractivity contribution >= 4 is 5.97 Å². The molecule has 0 aromatic carbocycles. The van der Waals surface area contributed by atoms with Crippen LogP contribution in [0.3, 0.4) is 0 Å². The first-order valence-electron chi connectivity index (χ1n) is 7.05. The van der Waals surface area contributed by atoms with Crippen LogP contribution in [0.15, 0.2) is 0 Å². The first-order valence-corrected chi connectivity index (χ1v) is 7.05. The van der Waals surface area contributed by atoms with Gasteiger partial charge < -0.3 is 4.74 Å². The molecule has 0 rings (SSSR count). The summed E-state index contributed by atoms with van der Waals surface area (Å²) in [5.74, 6) is 0.420. The number of rotatable bonds is 4. The van der Waals surface area contributed by atoms with Gasteiger partial charge in [-0.1, -0.05) is 34.6 Å². The fourth-order valence-corrected chi connectivity index (χ4v) is 1.76. The van der Waals surface area contributed by atoms with Crippen LogP contribution in [-0.2, 0) is 9.53 Å². The first-order chi connectivity index (χ1) is 7.82. The summed E-state index contributed by atoms with van der Waals surface area (Å²) >= 11 is 0. The summed E-state index contributed by atoms with van der Waals surface area (Å²) < 4.78 is 5.57. The van der Waals surface area contributed by atoms with Crippen LogP contribution < -0.4 is 0 Å². The van der Waals surface area contributed by atoms with Gasteiger partial charge in [0.2, 0.25) is 0 Å². The SMILES string of the molecule is CCC(C)(C[C@H](C)C(C)(C)C)C(=O)OC(C)(C)C. The average molecular weight is 256 g/mol. The van der Waals surface area contributed by atoms with Crippen LogP contribution in [0.2, 0.25) is 0 Å². The molecule has 0 bridgehead atoms. The quantitative estimate of drug-likeness (QED) is 0.674. The Bertz CT molecular complexity index is 280. The van der Waals surface area contributed by atoms with E-state index in [9.17, 15) is 4.79 Å². The fraction of sp³-hybridized carbons (Fsp3) is 0.938. The van der Waals surface area contributed by atoms with Crippen molar-refractivity contribution in [3.63, 3.8) is 0 Å². The molecule has 0 aromatic rings. The third-order valence-corrected chi connectivity index (χ3v) is 3.91. The van der Waals surface area contributed by atoms with Gasteiger partial charge in [-0.15, -0.1) is 0 Å². The van der Waals surface area contributed by atoms with Gasteiger partial charge in [-0.25, -0.2) is 0 Å². The van der Waals surface area contributed by atoms with Gasteiger partial charge in [0.1, 0.15) is 5.60 Å². The summed E-state index contributed by atoms with van der Waals surface area (Å²) in [5.41, 5.74) is -0.559. The predicted molar refractivity (Wildman–Crippen MR) is 77.5 cm³/mol. The van der Waals surface area contributed by atoms with Crippen LogP contribution in [0.1, 0.15) is 75.2 Å². The second-order valence-electron chi connectivity index (χ2n) is 7.89. The zero-order chi connectivity index (χ0) is 14.8. The van der Waals surface area contributed by atoms with Crippen LogP contribution in [0.5, 0.6) is 0 Å². The summed E-state index contributed by atoms with van der Waals surface area (Å²) in [6.45, 7) is 18.8. The number of ether oxygens (including phenoxy) is 1. The van der Waals surface area contributed by atoms with Gasteiger partial charge in [0.25, 0.3) is 0 Å². The number of hydrogen-bond acceptors (Lipinski definition) is 2. The molecule has 1 unspecified atom stereocenters. The minimum absolute atomic E-state index is 0.0615. The zero-order valence-electron chi connectivity index (χ0n) is 13.8. The van der Waals surface area contributed by atoms with Crippen molar-refractivity contribution in [3.8, 4) is 0 Å². The lowest BCUT2D eigenvalue weighted by Crippen LogP contribution is -2.38. The largest absolute Gasteiger partial charge is 0.460 e. The fourth-order valence-electron chi connectivity index (χ4n) is 1.76. The molecule has 2 atom stereocenters. The van der Waals surface area contributed by atoms with E-state index in [1.54, 1.807) is 0 Å². The molecule has 108 valence electrons. The zero-order valence-corrected chi connectivity index (χ0v) is 13.8.